The molecule has 3 aliphatic carbocycles. The molecule has 3 rings (SSSR count). The molecule has 2 unspecified atom stereocenters. The SMILES string of the molecule is CCOC(=O)C=C1[C@H]2CCC3CC[C@@H]1C32. The third-order valence-corrected chi connectivity index (χ3v) is 4.60. The van der Waals surface area contributed by atoms with Crippen LogP contribution >= 0.6 is 0 Å². The highest BCUT2D eigenvalue weighted by Gasteiger charge is 2.56. The summed E-state index contributed by atoms with van der Waals surface area (Å²) in [5, 5.41) is 0. The number of rotatable bonds is 2. The third kappa shape index (κ3) is 1.27. The van der Waals surface area contributed by atoms with Gasteiger partial charge in [-0.2, -0.15) is 0 Å². The Labute approximate surface area is 90.7 Å². The van der Waals surface area contributed by atoms with E-state index in [9.17, 15) is 4.79 Å². The van der Waals surface area contributed by atoms with Crippen molar-refractivity contribution in [1.29, 1.82) is 0 Å². The first-order valence-corrected chi connectivity index (χ1v) is 6.19. The fourth-order valence-electron chi connectivity index (χ4n) is 4.11. The lowest BCUT2D eigenvalue weighted by Crippen LogP contribution is -2.35. The molecule has 0 aromatic rings. The summed E-state index contributed by atoms with van der Waals surface area (Å²) in [7, 11) is 0. The minimum absolute atomic E-state index is 0.124. The van der Waals surface area contributed by atoms with E-state index < -0.39 is 0 Å². The van der Waals surface area contributed by atoms with E-state index in [1.165, 1.54) is 31.3 Å². The van der Waals surface area contributed by atoms with Gasteiger partial charge in [-0.3, -0.25) is 0 Å². The van der Waals surface area contributed by atoms with E-state index in [1.807, 2.05) is 6.92 Å². The van der Waals surface area contributed by atoms with Crippen molar-refractivity contribution >= 4 is 5.97 Å². The van der Waals surface area contributed by atoms with Crippen molar-refractivity contribution in [1.82, 2.24) is 0 Å². The molecule has 15 heavy (non-hydrogen) atoms. The van der Waals surface area contributed by atoms with Crippen LogP contribution in [-0.2, 0) is 9.53 Å². The normalized spacial score (nSPS) is 43.9. The highest BCUT2D eigenvalue weighted by atomic mass is 16.5. The van der Waals surface area contributed by atoms with Crippen LogP contribution in [-0.4, -0.2) is 12.6 Å². The largest absolute Gasteiger partial charge is 0.463 e. The number of carbonyl (C=O) groups is 1. The fraction of sp³-hybridized carbons (Fsp3) is 0.769. The zero-order valence-corrected chi connectivity index (χ0v) is 9.24. The average molecular weight is 206 g/mol. The van der Waals surface area contributed by atoms with Gasteiger partial charge in [0.2, 0.25) is 0 Å². The highest BCUT2D eigenvalue weighted by molar-refractivity contribution is 5.83. The van der Waals surface area contributed by atoms with Crippen molar-refractivity contribution in [3.8, 4) is 0 Å². The van der Waals surface area contributed by atoms with Crippen LogP contribution in [0.15, 0.2) is 11.6 Å². The van der Waals surface area contributed by atoms with E-state index in [1.54, 1.807) is 6.08 Å². The van der Waals surface area contributed by atoms with E-state index in [0.29, 0.717) is 6.61 Å². The Kier molecular flexibility index (Phi) is 2.11. The second kappa shape index (κ2) is 3.36. The van der Waals surface area contributed by atoms with Crippen LogP contribution in [0.4, 0.5) is 0 Å². The van der Waals surface area contributed by atoms with Gasteiger partial charge in [0.15, 0.2) is 0 Å². The summed E-state index contributed by atoms with van der Waals surface area (Å²) in [6.45, 7) is 2.35. The van der Waals surface area contributed by atoms with Crippen LogP contribution in [0.1, 0.15) is 32.6 Å². The summed E-state index contributed by atoms with van der Waals surface area (Å²) in [6.07, 6.45) is 7.22. The highest BCUT2D eigenvalue weighted by Crippen LogP contribution is 2.64. The zero-order chi connectivity index (χ0) is 10.4. The molecule has 4 atom stereocenters. The standard InChI is InChI=1S/C13H18O2/c1-2-15-12(14)7-11-9-5-3-8-4-6-10(11)13(8)9/h7-10,13H,2-6H2,1H3/t8?,9-,10+,13?. The maximum Gasteiger partial charge on any atom is 0.330 e. The number of carbonyl (C=O) groups excluding carboxylic acids is 1. The van der Waals surface area contributed by atoms with Crippen molar-refractivity contribution in [2.24, 2.45) is 23.7 Å². The summed E-state index contributed by atoms with van der Waals surface area (Å²) < 4.78 is 4.99. The quantitative estimate of drug-likeness (QED) is 0.512. The van der Waals surface area contributed by atoms with Gasteiger partial charge >= 0.3 is 5.97 Å². The Morgan fingerprint density at radius 1 is 1.33 bits per heavy atom. The number of hydrogen-bond donors (Lipinski definition) is 0. The lowest BCUT2D eigenvalue weighted by molar-refractivity contribution is -0.137. The second-order valence-electron chi connectivity index (χ2n) is 5.10. The average Bonchev–Trinajstić information content (AvgIpc) is 2.67. The number of allylic oxidation sites excluding steroid dienone is 1. The monoisotopic (exact) mass is 206 g/mol. The molecule has 2 heteroatoms. The van der Waals surface area contributed by atoms with Gasteiger partial charge in [-0.25, -0.2) is 4.79 Å². The van der Waals surface area contributed by atoms with E-state index in [2.05, 4.69) is 0 Å². The number of ether oxygens (including phenoxy) is 1. The van der Waals surface area contributed by atoms with Crippen molar-refractivity contribution in [3.63, 3.8) is 0 Å². The lowest BCUT2D eigenvalue weighted by atomic mass is 9.63. The Bertz CT molecular complexity index is 300. The summed E-state index contributed by atoms with van der Waals surface area (Å²) in [5.74, 6) is 3.28. The molecule has 0 aromatic carbocycles. The Hall–Kier alpha value is -0.790. The summed E-state index contributed by atoms with van der Waals surface area (Å²) in [6, 6.07) is 0. The van der Waals surface area contributed by atoms with Gasteiger partial charge in [-0.1, -0.05) is 5.57 Å². The van der Waals surface area contributed by atoms with Gasteiger partial charge < -0.3 is 4.74 Å². The maximum absolute atomic E-state index is 11.4. The lowest BCUT2D eigenvalue weighted by Gasteiger charge is -2.41. The summed E-state index contributed by atoms with van der Waals surface area (Å²) in [5.41, 5.74) is 1.42. The summed E-state index contributed by atoms with van der Waals surface area (Å²) in [4.78, 5) is 11.4. The van der Waals surface area contributed by atoms with Gasteiger partial charge in [0.1, 0.15) is 0 Å². The molecule has 2 nitrogen and oxygen atoms in total. The van der Waals surface area contributed by atoms with Crippen molar-refractivity contribution < 1.29 is 9.53 Å². The van der Waals surface area contributed by atoms with Crippen LogP contribution < -0.4 is 0 Å². The molecular formula is C13H18O2. The molecular weight excluding hydrogens is 188 g/mol. The molecule has 0 spiro atoms. The van der Waals surface area contributed by atoms with Crippen LogP contribution in [0.2, 0.25) is 0 Å². The Balaban J connectivity index is 1.76. The van der Waals surface area contributed by atoms with E-state index in [0.717, 1.165) is 23.7 Å². The Morgan fingerprint density at radius 3 is 2.60 bits per heavy atom. The summed E-state index contributed by atoms with van der Waals surface area (Å²) >= 11 is 0. The Morgan fingerprint density at radius 2 is 2.00 bits per heavy atom. The van der Waals surface area contributed by atoms with Gasteiger partial charge in [0.05, 0.1) is 6.61 Å². The second-order valence-corrected chi connectivity index (χ2v) is 5.10. The van der Waals surface area contributed by atoms with E-state index >= 15 is 0 Å². The van der Waals surface area contributed by atoms with Crippen molar-refractivity contribution in [2.75, 3.05) is 6.61 Å². The molecule has 3 saturated carbocycles. The molecule has 3 fully saturated rings. The molecule has 0 radical (unpaired) electrons. The first kappa shape index (κ1) is 9.44. The predicted molar refractivity (Wildman–Crippen MR) is 57.1 cm³/mol. The molecule has 0 aliphatic heterocycles. The number of esters is 1. The van der Waals surface area contributed by atoms with Crippen molar-refractivity contribution in [3.05, 3.63) is 11.6 Å². The molecule has 0 aromatic heterocycles. The molecule has 0 amide bonds. The van der Waals surface area contributed by atoms with Crippen LogP contribution in [0.5, 0.6) is 0 Å². The van der Waals surface area contributed by atoms with Gasteiger partial charge in [-0.15, -0.1) is 0 Å². The molecule has 0 saturated heterocycles. The fourth-order valence-corrected chi connectivity index (χ4v) is 4.11. The van der Waals surface area contributed by atoms with Gasteiger partial charge in [0.25, 0.3) is 0 Å². The van der Waals surface area contributed by atoms with Gasteiger partial charge in [-0.05, 0) is 56.3 Å². The number of hydrogen-bond acceptors (Lipinski definition) is 2. The predicted octanol–water partition coefficient (Wildman–Crippen LogP) is 2.54. The molecule has 82 valence electrons. The topological polar surface area (TPSA) is 26.3 Å². The zero-order valence-electron chi connectivity index (χ0n) is 9.24. The van der Waals surface area contributed by atoms with Crippen LogP contribution in [0, 0.1) is 23.7 Å². The van der Waals surface area contributed by atoms with Crippen LogP contribution in [0.3, 0.4) is 0 Å². The molecule has 0 heterocycles. The maximum atomic E-state index is 11.4. The minimum Gasteiger partial charge on any atom is -0.463 e. The first-order valence-electron chi connectivity index (χ1n) is 6.19. The van der Waals surface area contributed by atoms with Crippen molar-refractivity contribution in [2.45, 2.75) is 32.6 Å². The van der Waals surface area contributed by atoms with E-state index in [-0.39, 0.29) is 5.97 Å². The molecule has 0 bridgehead atoms. The molecule has 0 N–H and O–H groups in total. The van der Waals surface area contributed by atoms with E-state index in [4.69, 9.17) is 4.74 Å². The minimum atomic E-state index is -0.124. The van der Waals surface area contributed by atoms with Crippen LogP contribution in [0.25, 0.3) is 0 Å². The third-order valence-electron chi connectivity index (χ3n) is 4.60. The molecule has 3 aliphatic rings. The van der Waals surface area contributed by atoms with Gasteiger partial charge in [0, 0.05) is 6.08 Å². The smallest absolute Gasteiger partial charge is 0.330 e. The first-order chi connectivity index (χ1) is 7.31.